The lowest BCUT2D eigenvalue weighted by Crippen LogP contribution is -2.42. The third kappa shape index (κ3) is 2.93. The van der Waals surface area contributed by atoms with Crippen molar-refractivity contribution in [3.63, 3.8) is 0 Å². The molecule has 2 amide bonds. The molecule has 0 bridgehead atoms. The van der Waals surface area contributed by atoms with E-state index in [-0.39, 0.29) is 24.2 Å². The zero-order chi connectivity index (χ0) is 20.0. The van der Waals surface area contributed by atoms with E-state index in [0.29, 0.717) is 23.5 Å². The normalized spacial score (nSPS) is 14.6. The van der Waals surface area contributed by atoms with E-state index in [9.17, 15) is 9.59 Å². The smallest absolute Gasteiger partial charge is 0.264 e. The molecule has 6 nitrogen and oxygen atoms in total. The van der Waals surface area contributed by atoms with Gasteiger partial charge in [-0.2, -0.15) is 0 Å². The summed E-state index contributed by atoms with van der Waals surface area (Å²) in [6.45, 7) is 2.49. The fourth-order valence-corrected chi connectivity index (χ4v) is 3.89. The van der Waals surface area contributed by atoms with Crippen LogP contribution in [-0.4, -0.2) is 29.9 Å². The Morgan fingerprint density at radius 1 is 1.10 bits per heavy atom. The molecular formula is C23H19N3O3. The molecule has 2 aliphatic rings. The Labute approximate surface area is 168 Å². The van der Waals surface area contributed by atoms with Crippen LogP contribution in [0.2, 0.25) is 0 Å². The highest BCUT2D eigenvalue weighted by Crippen LogP contribution is 2.38. The summed E-state index contributed by atoms with van der Waals surface area (Å²) in [5.41, 5.74) is 3.97. The van der Waals surface area contributed by atoms with Crippen molar-refractivity contribution >= 4 is 23.2 Å². The summed E-state index contributed by atoms with van der Waals surface area (Å²) in [4.78, 5) is 34.0. The molecule has 0 saturated carbocycles. The first-order chi connectivity index (χ1) is 14.1. The van der Waals surface area contributed by atoms with Gasteiger partial charge in [-0.1, -0.05) is 24.3 Å². The molecule has 0 aliphatic carbocycles. The maximum atomic E-state index is 13.3. The van der Waals surface area contributed by atoms with Gasteiger partial charge in [-0.15, -0.1) is 0 Å². The number of carbonyl (C=O) groups is 2. The van der Waals surface area contributed by atoms with Gasteiger partial charge in [0.2, 0.25) is 11.8 Å². The second kappa shape index (κ2) is 6.74. The minimum Gasteiger partial charge on any atom is -0.436 e. The number of aryl methyl sites for hydroxylation is 1. The molecule has 0 fully saturated rings. The van der Waals surface area contributed by atoms with E-state index in [0.717, 1.165) is 23.2 Å². The highest BCUT2D eigenvalue weighted by Gasteiger charge is 2.33. The lowest BCUT2D eigenvalue weighted by Gasteiger charge is -2.25. The van der Waals surface area contributed by atoms with Crippen LogP contribution >= 0.6 is 0 Å². The van der Waals surface area contributed by atoms with Crippen molar-refractivity contribution in [2.24, 2.45) is 0 Å². The summed E-state index contributed by atoms with van der Waals surface area (Å²) in [6.07, 6.45) is 2.41. The first kappa shape index (κ1) is 17.4. The van der Waals surface area contributed by atoms with E-state index in [2.05, 4.69) is 4.98 Å². The maximum Gasteiger partial charge on any atom is 0.264 e. The maximum absolute atomic E-state index is 13.3. The number of hydrogen-bond acceptors (Lipinski definition) is 4. The summed E-state index contributed by atoms with van der Waals surface area (Å²) in [7, 11) is 0. The Kier molecular flexibility index (Phi) is 4.05. The van der Waals surface area contributed by atoms with Gasteiger partial charge >= 0.3 is 0 Å². The molecule has 5 rings (SSSR count). The Morgan fingerprint density at radius 2 is 1.97 bits per heavy atom. The zero-order valence-corrected chi connectivity index (χ0v) is 16.0. The van der Waals surface area contributed by atoms with Gasteiger partial charge in [-0.05, 0) is 54.8 Å². The zero-order valence-electron chi connectivity index (χ0n) is 16.0. The Morgan fingerprint density at radius 3 is 2.86 bits per heavy atom. The summed E-state index contributed by atoms with van der Waals surface area (Å²) < 4.78 is 5.92. The lowest BCUT2D eigenvalue weighted by molar-refractivity contribution is -0.117. The molecule has 0 radical (unpaired) electrons. The van der Waals surface area contributed by atoms with Crippen LogP contribution in [0.1, 0.15) is 21.5 Å². The monoisotopic (exact) mass is 385 g/mol. The van der Waals surface area contributed by atoms with Crippen molar-refractivity contribution in [3.8, 4) is 11.6 Å². The molecule has 0 atom stereocenters. The Hall–Kier alpha value is -3.67. The molecule has 3 aromatic rings. The summed E-state index contributed by atoms with van der Waals surface area (Å²) >= 11 is 0. The number of ether oxygens (including phenoxy) is 1. The van der Waals surface area contributed by atoms with Crippen molar-refractivity contribution in [2.75, 3.05) is 22.9 Å². The predicted octanol–water partition coefficient (Wildman–Crippen LogP) is 3.73. The van der Waals surface area contributed by atoms with E-state index in [4.69, 9.17) is 4.74 Å². The Balaban J connectivity index is 1.54. The third-order valence-corrected chi connectivity index (χ3v) is 5.34. The Bertz CT molecular complexity index is 1140. The largest absolute Gasteiger partial charge is 0.436 e. The number of aromatic nitrogens is 1. The van der Waals surface area contributed by atoms with Crippen LogP contribution in [-0.2, 0) is 11.2 Å². The number of rotatable bonds is 2. The number of fused-ring (bicyclic) bond motifs is 3. The number of anilines is 2. The fraction of sp³-hybridized carbons (Fsp3) is 0.174. The molecule has 2 aliphatic heterocycles. The van der Waals surface area contributed by atoms with Crippen molar-refractivity contribution in [3.05, 3.63) is 77.5 Å². The molecule has 1 aromatic heterocycles. The van der Waals surface area contributed by atoms with Gasteiger partial charge in [0.25, 0.3) is 5.91 Å². The summed E-state index contributed by atoms with van der Waals surface area (Å²) in [5.74, 6) is 0.349. The summed E-state index contributed by atoms with van der Waals surface area (Å²) in [5, 5.41) is 0. The van der Waals surface area contributed by atoms with Crippen LogP contribution in [0.15, 0.2) is 60.8 Å². The van der Waals surface area contributed by atoms with Gasteiger partial charge in [0.05, 0.1) is 5.69 Å². The van der Waals surface area contributed by atoms with Crippen LogP contribution < -0.4 is 14.5 Å². The van der Waals surface area contributed by atoms with Crippen molar-refractivity contribution in [2.45, 2.75) is 13.3 Å². The molecule has 0 spiro atoms. The molecule has 0 unspecified atom stereocenters. The molecule has 144 valence electrons. The number of carbonyl (C=O) groups excluding carboxylic acids is 2. The van der Waals surface area contributed by atoms with E-state index in [1.165, 1.54) is 4.90 Å². The van der Waals surface area contributed by atoms with Gasteiger partial charge in [-0.25, -0.2) is 4.98 Å². The SMILES string of the molecule is Cc1ccc2c(c1)N(CC(=O)N1CCc3ccccc31)C(=O)c1cccnc1O2. The second-order valence-corrected chi connectivity index (χ2v) is 7.24. The first-order valence-electron chi connectivity index (χ1n) is 9.55. The van der Waals surface area contributed by atoms with Gasteiger partial charge in [0.1, 0.15) is 12.1 Å². The average molecular weight is 385 g/mol. The van der Waals surface area contributed by atoms with E-state index in [1.54, 1.807) is 23.2 Å². The standard InChI is InChI=1S/C23H19N3O3/c1-15-8-9-20-19(13-15)26(23(28)17-6-4-11-24-22(17)29-20)14-21(27)25-12-10-16-5-2-3-7-18(16)25/h2-9,11,13H,10,12,14H2,1H3. The topological polar surface area (TPSA) is 62.7 Å². The molecule has 0 saturated heterocycles. The molecule has 6 heteroatoms. The minimum atomic E-state index is -0.293. The van der Waals surface area contributed by atoms with Gasteiger partial charge in [0.15, 0.2) is 5.75 Å². The number of hydrogen-bond donors (Lipinski definition) is 0. The van der Waals surface area contributed by atoms with Gasteiger partial charge in [0, 0.05) is 18.4 Å². The van der Waals surface area contributed by atoms with Crippen LogP contribution in [0, 0.1) is 6.92 Å². The summed E-state index contributed by atoms with van der Waals surface area (Å²) in [6, 6.07) is 16.8. The molecule has 0 N–H and O–H groups in total. The third-order valence-electron chi connectivity index (χ3n) is 5.34. The molecular weight excluding hydrogens is 366 g/mol. The fourth-order valence-electron chi connectivity index (χ4n) is 3.89. The van der Waals surface area contributed by atoms with Crippen LogP contribution in [0.25, 0.3) is 0 Å². The van der Waals surface area contributed by atoms with Crippen LogP contribution in [0.4, 0.5) is 11.4 Å². The molecule has 29 heavy (non-hydrogen) atoms. The number of para-hydroxylation sites is 1. The van der Waals surface area contributed by atoms with E-state index < -0.39 is 0 Å². The number of pyridine rings is 1. The van der Waals surface area contributed by atoms with E-state index >= 15 is 0 Å². The second-order valence-electron chi connectivity index (χ2n) is 7.24. The van der Waals surface area contributed by atoms with Crippen LogP contribution in [0.5, 0.6) is 11.6 Å². The average Bonchev–Trinajstić information content (AvgIpc) is 3.13. The van der Waals surface area contributed by atoms with E-state index in [1.807, 2.05) is 49.4 Å². The molecule has 2 aromatic carbocycles. The quantitative estimate of drug-likeness (QED) is 0.674. The predicted molar refractivity (Wildman–Crippen MR) is 110 cm³/mol. The number of amides is 2. The lowest BCUT2D eigenvalue weighted by atomic mass is 10.1. The van der Waals surface area contributed by atoms with Gasteiger partial charge < -0.3 is 9.64 Å². The highest BCUT2D eigenvalue weighted by molar-refractivity contribution is 6.13. The van der Waals surface area contributed by atoms with Crippen LogP contribution in [0.3, 0.4) is 0 Å². The van der Waals surface area contributed by atoms with Gasteiger partial charge in [-0.3, -0.25) is 14.5 Å². The van der Waals surface area contributed by atoms with Crippen molar-refractivity contribution in [1.82, 2.24) is 4.98 Å². The number of benzene rings is 2. The van der Waals surface area contributed by atoms with Crippen molar-refractivity contribution in [1.29, 1.82) is 0 Å². The molecule has 3 heterocycles. The first-order valence-corrected chi connectivity index (χ1v) is 9.55. The minimum absolute atomic E-state index is 0.0681. The number of nitrogens with zero attached hydrogens (tertiary/aromatic N) is 3. The highest BCUT2D eigenvalue weighted by atomic mass is 16.5. The van der Waals surface area contributed by atoms with Crippen molar-refractivity contribution < 1.29 is 14.3 Å².